The molecule has 0 aromatic heterocycles. The molecule has 8 nitrogen and oxygen atoms in total. The SMILES string of the molecule is COC(=O)[C@H](CC(C)C)NC(=O)N[C@@H](NC(=O)OCC1c2ccccc2-c2ccccc21)C(C)C. The minimum Gasteiger partial charge on any atom is -0.467 e. The molecule has 0 saturated heterocycles. The number of fused-ring (bicyclic) bond motifs is 3. The molecule has 0 aliphatic heterocycles. The largest absolute Gasteiger partial charge is 0.467 e. The second-order valence-electron chi connectivity index (χ2n) is 9.51. The number of ether oxygens (including phenoxy) is 2. The molecule has 3 rings (SSSR count). The standard InChI is InChI=1S/C27H35N3O5/c1-16(2)14-23(25(31)34-5)28-26(32)29-24(17(3)4)30-27(33)35-15-22-20-12-8-6-10-18(20)19-11-7-9-13-21(19)22/h6-13,16-17,22-24H,14-15H2,1-5H3,(H,30,33)(H2,28,29,32)/t23-,24-/m0/s1. The van der Waals surface area contributed by atoms with Gasteiger partial charge >= 0.3 is 18.1 Å². The predicted octanol–water partition coefficient (Wildman–Crippen LogP) is 4.39. The zero-order valence-corrected chi connectivity index (χ0v) is 21.0. The number of esters is 1. The van der Waals surface area contributed by atoms with Gasteiger partial charge in [0.2, 0.25) is 0 Å². The third kappa shape index (κ3) is 6.53. The van der Waals surface area contributed by atoms with Crippen LogP contribution in [-0.4, -0.2) is 44.0 Å². The van der Waals surface area contributed by atoms with E-state index in [1.165, 1.54) is 7.11 Å². The van der Waals surface area contributed by atoms with Crippen LogP contribution in [0.4, 0.5) is 9.59 Å². The van der Waals surface area contributed by atoms with E-state index in [0.717, 1.165) is 22.3 Å². The summed E-state index contributed by atoms with van der Waals surface area (Å²) in [6.07, 6.45) is -0.882. The van der Waals surface area contributed by atoms with E-state index in [9.17, 15) is 14.4 Å². The van der Waals surface area contributed by atoms with Gasteiger partial charge in [0.15, 0.2) is 0 Å². The van der Waals surface area contributed by atoms with E-state index >= 15 is 0 Å². The number of methoxy groups -OCH3 is 1. The van der Waals surface area contributed by atoms with Crippen molar-refractivity contribution < 1.29 is 23.9 Å². The molecule has 0 unspecified atom stereocenters. The molecule has 8 heteroatoms. The first-order valence-corrected chi connectivity index (χ1v) is 12.0. The Balaban J connectivity index is 1.60. The number of hydrogen-bond donors (Lipinski definition) is 3. The Morgan fingerprint density at radius 1 is 0.857 bits per heavy atom. The Morgan fingerprint density at radius 3 is 1.94 bits per heavy atom. The van der Waals surface area contributed by atoms with Crippen molar-refractivity contribution >= 4 is 18.1 Å². The average Bonchev–Trinajstić information content (AvgIpc) is 3.14. The van der Waals surface area contributed by atoms with Crippen LogP contribution in [0.1, 0.15) is 51.2 Å². The van der Waals surface area contributed by atoms with Gasteiger partial charge in [-0.3, -0.25) is 0 Å². The quantitative estimate of drug-likeness (QED) is 0.364. The van der Waals surface area contributed by atoms with E-state index in [-0.39, 0.29) is 24.4 Å². The van der Waals surface area contributed by atoms with Crippen molar-refractivity contribution in [2.45, 2.75) is 52.2 Å². The van der Waals surface area contributed by atoms with Crippen LogP contribution in [0, 0.1) is 11.8 Å². The number of carbonyl (C=O) groups excluding carboxylic acids is 3. The highest BCUT2D eigenvalue weighted by molar-refractivity contribution is 5.84. The molecule has 0 saturated carbocycles. The van der Waals surface area contributed by atoms with Gasteiger partial charge in [-0.25, -0.2) is 14.4 Å². The van der Waals surface area contributed by atoms with E-state index in [1.54, 1.807) is 0 Å². The van der Waals surface area contributed by atoms with Crippen molar-refractivity contribution in [3.63, 3.8) is 0 Å². The van der Waals surface area contributed by atoms with Crippen molar-refractivity contribution in [3.05, 3.63) is 59.7 Å². The van der Waals surface area contributed by atoms with E-state index in [4.69, 9.17) is 9.47 Å². The zero-order valence-electron chi connectivity index (χ0n) is 21.0. The number of hydrogen-bond acceptors (Lipinski definition) is 5. The van der Waals surface area contributed by atoms with Crippen LogP contribution in [0.15, 0.2) is 48.5 Å². The first-order valence-electron chi connectivity index (χ1n) is 12.0. The van der Waals surface area contributed by atoms with Gasteiger partial charge in [0.05, 0.1) is 7.11 Å². The third-order valence-electron chi connectivity index (χ3n) is 6.07. The zero-order chi connectivity index (χ0) is 25.5. The Hall–Kier alpha value is -3.55. The number of carbonyl (C=O) groups is 3. The van der Waals surface area contributed by atoms with Crippen molar-refractivity contribution in [1.82, 2.24) is 16.0 Å². The summed E-state index contributed by atoms with van der Waals surface area (Å²) in [5.41, 5.74) is 4.55. The molecule has 0 fully saturated rings. The highest BCUT2D eigenvalue weighted by atomic mass is 16.5. The lowest BCUT2D eigenvalue weighted by Crippen LogP contribution is -2.56. The van der Waals surface area contributed by atoms with E-state index in [0.29, 0.717) is 6.42 Å². The van der Waals surface area contributed by atoms with Crippen LogP contribution in [0.25, 0.3) is 11.1 Å². The fourth-order valence-corrected chi connectivity index (χ4v) is 4.31. The molecule has 1 aliphatic carbocycles. The Labute approximate surface area is 206 Å². The van der Waals surface area contributed by atoms with Crippen LogP contribution < -0.4 is 16.0 Å². The van der Waals surface area contributed by atoms with Gasteiger partial charge in [-0.05, 0) is 40.5 Å². The molecule has 1 aliphatic rings. The molecule has 0 bridgehead atoms. The number of alkyl carbamates (subject to hydrolysis) is 1. The molecule has 3 amide bonds. The highest BCUT2D eigenvalue weighted by Crippen LogP contribution is 2.44. The van der Waals surface area contributed by atoms with Crippen LogP contribution in [-0.2, 0) is 14.3 Å². The summed E-state index contributed by atoms with van der Waals surface area (Å²) >= 11 is 0. The normalized spacial score (nSPS) is 14.0. The summed E-state index contributed by atoms with van der Waals surface area (Å²) in [7, 11) is 1.28. The summed E-state index contributed by atoms with van der Waals surface area (Å²) in [6, 6.07) is 14.9. The van der Waals surface area contributed by atoms with E-state index < -0.39 is 30.3 Å². The first kappa shape index (κ1) is 26.1. The highest BCUT2D eigenvalue weighted by Gasteiger charge is 2.30. The van der Waals surface area contributed by atoms with Gasteiger partial charge in [-0.15, -0.1) is 0 Å². The summed E-state index contributed by atoms with van der Waals surface area (Å²) < 4.78 is 10.4. The van der Waals surface area contributed by atoms with Crippen molar-refractivity contribution in [2.75, 3.05) is 13.7 Å². The number of amides is 3. The van der Waals surface area contributed by atoms with Gasteiger partial charge in [-0.2, -0.15) is 0 Å². The summed E-state index contributed by atoms with van der Waals surface area (Å²) in [5.74, 6) is -0.514. The van der Waals surface area contributed by atoms with E-state index in [2.05, 4.69) is 40.2 Å². The molecule has 2 aromatic carbocycles. The van der Waals surface area contributed by atoms with Gasteiger partial charge in [0.1, 0.15) is 18.8 Å². The molecule has 0 heterocycles. The molecule has 188 valence electrons. The molecule has 2 aromatic rings. The number of rotatable bonds is 9. The fraction of sp³-hybridized carbons (Fsp3) is 0.444. The van der Waals surface area contributed by atoms with Crippen LogP contribution >= 0.6 is 0 Å². The van der Waals surface area contributed by atoms with Crippen molar-refractivity contribution in [2.24, 2.45) is 11.8 Å². The fourth-order valence-electron chi connectivity index (χ4n) is 4.31. The maximum Gasteiger partial charge on any atom is 0.408 e. The summed E-state index contributed by atoms with van der Waals surface area (Å²) in [6.45, 7) is 7.80. The molecule has 0 radical (unpaired) electrons. The van der Waals surface area contributed by atoms with Crippen LogP contribution in [0.2, 0.25) is 0 Å². The second-order valence-corrected chi connectivity index (χ2v) is 9.51. The molecule has 3 N–H and O–H groups in total. The van der Waals surface area contributed by atoms with Crippen molar-refractivity contribution in [1.29, 1.82) is 0 Å². The van der Waals surface area contributed by atoms with Crippen LogP contribution in [0.3, 0.4) is 0 Å². The smallest absolute Gasteiger partial charge is 0.408 e. The molecular formula is C27H35N3O5. The lowest BCUT2D eigenvalue weighted by Gasteiger charge is -2.25. The number of urea groups is 1. The Morgan fingerprint density at radius 2 is 1.43 bits per heavy atom. The second kappa shape index (κ2) is 11.7. The molecule has 35 heavy (non-hydrogen) atoms. The predicted molar refractivity (Wildman–Crippen MR) is 134 cm³/mol. The lowest BCUT2D eigenvalue weighted by atomic mass is 9.98. The first-order chi connectivity index (χ1) is 16.7. The van der Waals surface area contributed by atoms with E-state index in [1.807, 2.05) is 52.0 Å². The number of benzene rings is 2. The maximum absolute atomic E-state index is 12.7. The molecular weight excluding hydrogens is 446 g/mol. The minimum absolute atomic E-state index is 0.0567. The molecule has 0 spiro atoms. The minimum atomic E-state index is -0.776. The van der Waals surface area contributed by atoms with Crippen LogP contribution in [0.5, 0.6) is 0 Å². The summed E-state index contributed by atoms with van der Waals surface area (Å²) in [4.78, 5) is 37.2. The third-order valence-corrected chi connectivity index (χ3v) is 6.07. The van der Waals surface area contributed by atoms with Gasteiger partial charge in [-0.1, -0.05) is 76.2 Å². The molecule has 2 atom stereocenters. The summed E-state index contributed by atoms with van der Waals surface area (Å²) in [5, 5.41) is 8.09. The van der Waals surface area contributed by atoms with Gasteiger partial charge in [0.25, 0.3) is 0 Å². The van der Waals surface area contributed by atoms with Gasteiger partial charge < -0.3 is 25.4 Å². The Bertz CT molecular complexity index is 1010. The number of nitrogens with one attached hydrogen (secondary N) is 3. The average molecular weight is 482 g/mol. The monoisotopic (exact) mass is 481 g/mol. The topological polar surface area (TPSA) is 106 Å². The lowest BCUT2D eigenvalue weighted by molar-refractivity contribution is -0.143. The maximum atomic E-state index is 12.7. The van der Waals surface area contributed by atoms with Gasteiger partial charge in [0, 0.05) is 5.92 Å². The van der Waals surface area contributed by atoms with Crippen molar-refractivity contribution in [3.8, 4) is 11.1 Å². The Kier molecular flexibility index (Phi) is 8.73.